The molecule has 0 saturated heterocycles. The van der Waals surface area contributed by atoms with Crippen molar-refractivity contribution in [3.05, 3.63) is 58.4 Å². The number of nitrogens with one attached hydrogen (secondary N) is 1. The van der Waals surface area contributed by atoms with E-state index in [1.807, 2.05) is 58.0 Å². The predicted molar refractivity (Wildman–Crippen MR) is 112 cm³/mol. The van der Waals surface area contributed by atoms with Crippen molar-refractivity contribution in [1.82, 2.24) is 9.97 Å². The molecule has 3 aromatic rings. The monoisotopic (exact) mass is 405 g/mol. The molecule has 0 aliphatic heterocycles. The molecule has 0 radical (unpaired) electrons. The van der Waals surface area contributed by atoms with Gasteiger partial charge in [-0.1, -0.05) is 17.7 Å². The first-order valence-corrected chi connectivity index (χ1v) is 8.74. The summed E-state index contributed by atoms with van der Waals surface area (Å²) in [5.41, 5.74) is 4.09. The van der Waals surface area contributed by atoms with Crippen molar-refractivity contribution < 1.29 is 9.53 Å². The van der Waals surface area contributed by atoms with E-state index in [1.54, 1.807) is 0 Å². The highest BCUT2D eigenvalue weighted by atomic mass is 35.5. The van der Waals surface area contributed by atoms with Gasteiger partial charge in [-0.3, -0.25) is 0 Å². The predicted octanol–water partition coefficient (Wildman–Crippen LogP) is 5.63. The summed E-state index contributed by atoms with van der Waals surface area (Å²) in [4.78, 5) is 21.4. The number of carbonyl (C=O) groups excluding carboxylic acids is 1. The van der Waals surface area contributed by atoms with Gasteiger partial charge in [0, 0.05) is 28.0 Å². The van der Waals surface area contributed by atoms with Crippen LogP contribution in [0.5, 0.6) is 0 Å². The van der Waals surface area contributed by atoms with Gasteiger partial charge in [-0.25, -0.2) is 14.8 Å². The first-order chi connectivity index (χ1) is 12.4. The molecule has 3 rings (SSSR count). The van der Waals surface area contributed by atoms with Gasteiger partial charge in [-0.05, 0) is 57.5 Å². The van der Waals surface area contributed by atoms with E-state index in [1.165, 1.54) is 6.20 Å². The number of rotatable bonds is 4. The highest BCUT2D eigenvalue weighted by molar-refractivity contribution is 6.31. The van der Waals surface area contributed by atoms with Crippen LogP contribution < -0.4 is 5.32 Å². The summed E-state index contributed by atoms with van der Waals surface area (Å²) >= 11 is 6.23. The Morgan fingerprint density at radius 3 is 2.63 bits per heavy atom. The van der Waals surface area contributed by atoms with Crippen LogP contribution in [0.1, 0.15) is 35.5 Å². The Kier molecular flexibility index (Phi) is 6.63. The van der Waals surface area contributed by atoms with E-state index in [4.69, 9.17) is 16.3 Å². The molecule has 27 heavy (non-hydrogen) atoms. The van der Waals surface area contributed by atoms with Gasteiger partial charge < -0.3 is 10.1 Å². The van der Waals surface area contributed by atoms with E-state index in [0.29, 0.717) is 21.9 Å². The Balaban J connectivity index is 0.00000261. The molecule has 1 N–H and O–H groups in total. The van der Waals surface area contributed by atoms with Crippen LogP contribution in [0.3, 0.4) is 0 Å². The topological polar surface area (TPSA) is 64.1 Å². The molecule has 0 bridgehead atoms. The first-order valence-electron chi connectivity index (χ1n) is 8.36. The van der Waals surface area contributed by atoms with Crippen LogP contribution in [0, 0.1) is 13.8 Å². The van der Waals surface area contributed by atoms with Crippen LogP contribution in [0.15, 0.2) is 36.5 Å². The summed E-state index contributed by atoms with van der Waals surface area (Å²) < 4.78 is 5.38. The minimum atomic E-state index is -0.433. The smallest absolute Gasteiger partial charge is 0.342 e. The molecular formula is C20H21Cl2N3O2. The highest BCUT2D eigenvalue weighted by Crippen LogP contribution is 2.32. The maximum absolute atomic E-state index is 12.6. The molecule has 0 saturated carbocycles. The lowest BCUT2D eigenvalue weighted by Crippen LogP contribution is -2.14. The number of pyridine rings is 2. The third kappa shape index (κ3) is 4.49. The fourth-order valence-corrected chi connectivity index (χ4v) is 2.79. The Morgan fingerprint density at radius 1 is 1.19 bits per heavy atom. The van der Waals surface area contributed by atoms with Gasteiger partial charge in [0.25, 0.3) is 0 Å². The number of ether oxygens (including phenoxy) is 1. The van der Waals surface area contributed by atoms with Crippen LogP contribution in [0.2, 0.25) is 5.02 Å². The molecule has 0 spiro atoms. The second-order valence-corrected chi connectivity index (χ2v) is 6.77. The average Bonchev–Trinajstić information content (AvgIpc) is 2.58. The second kappa shape index (κ2) is 8.55. The van der Waals surface area contributed by atoms with Crippen molar-refractivity contribution in [3.63, 3.8) is 0 Å². The van der Waals surface area contributed by atoms with Crippen LogP contribution in [0.25, 0.3) is 11.0 Å². The van der Waals surface area contributed by atoms with Gasteiger partial charge in [-0.2, -0.15) is 0 Å². The van der Waals surface area contributed by atoms with Gasteiger partial charge in [0.2, 0.25) is 0 Å². The SMILES string of the molecule is Cc1ccc2c(Nc3cccc(Cl)c3C)c(C(=O)OC(C)C)cnc2n1.Cl. The number of carbonyl (C=O) groups is 1. The fraction of sp³-hybridized carbons (Fsp3) is 0.250. The number of fused-ring (bicyclic) bond motifs is 1. The van der Waals surface area contributed by atoms with Gasteiger partial charge in [-0.15, -0.1) is 12.4 Å². The third-order valence-electron chi connectivity index (χ3n) is 3.96. The molecule has 0 aliphatic carbocycles. The van der Waals surface area contributed by atoms with E-state index < -0.39 is 5.97 Å². The molecule has 0 aliphatic rings. The molecular weight excluding hydrogens is 385 g/mol. The highest BCUT2D eigenvalue weighted by Gasteiger charge is 2.19. The van der Waals surface area contributed by atoms with E-state index in [-0.39, 0.29) is 18.5 Å². The number of hydrogen-bond donors (Lipinski definition) is 1. The average molecular weight is 406 g/mol. The molecule has 0 unspecified atom stereocenters. The maximum Gasteiger partial charge on any atom is 0.342 e. The maximum atomic E-state index is 12.6. The van der Waals surface area contributed by atoms with Crippen molar-refractivity contribution in [1.29, 1.82) is 0 Å². The lowest BCUT2D eigenvalue weighted by molar-refractivity contribution is 0.0379. The summed E-state index contributed by atoms with van der Waals surface area (Å²) in [6.45, 7) is 7.44. The van der Waals surface area contributed by atoms with Crippen LogP contribution in [0.4, 0.5) is 11.4 Å². The number of halogens is 2. The lowest BCUT2D eigenvalue weighted by atomic mass is 10.1. The van der Waals surface area contributed by atoms with Crippen LogP contribution in [-0.4, -0.2) is 22.0 Å². The van der Waals surface area contributed by atoms with E-state index in [2.05, 4.69) is 15.3 Å². The zero-order chi connectivity index (χ0) is 18.8. The largest absolute Gasteiger partial charge is 0.459 e. The van der Waals surface area contributed by atoms with Crippen LogP contribution >= 0.6 is 24.0 Å². The molecule has 0 fully saturated rings. The van der Waals surface area contributed by atoms with Gasteiger partial charge in [0.05, 0.1) is 11.8 Å². The standard InChI is InChI=1S/C20H20ClN3O2.ClH/c1-11(2)26-20(25)15-10-22-19-14(9-8-12(3)23-19)18(15)24-17-7-5-6-16(21)13(17)4;/h5-11H,1-4H3,(H,22,23,24);1H. The Labute approximate surface area is 169 Å². The molecule has 0 atom stereocenters. The summed E-state index contributed by atoms with van der Waals surface area (Å²) in [7, 11) is 0. The normalized spacial score (nSPS) is 10.6. The molecule has 7 heteroatoms. The van der Waals surface area contributed by atoms with E-state index >= 15 is 0 Å². The minimum Gasteiger partial charge on any atom is -0.459 e. The quantitative estimate of drug-likeness (QED) is 0.569. The number of anilines is 2. The molecule has 142 valence electrons. The van der Waals surface area contributed by atoms with Crippen molar-refractivity contribution in [2.75, 3.05) is 5.32 Å². The summed E-state index contributed by atoms with van der Waals surface area (Å²) in [6, 6.07) is 9.38. The Hall–Kier alpha value is -2.37. The van der Waals surface area contributed by atoms with Crippen molar-refractivity contribution in [3.8, 4) is 0 Å². The number of hydrogen-bond acceptors (Lipinski definition) is 5. The number of esters is 1. The summed E-state index contributed by atoms with van der Waals surface area (Å²) in [5.74, 6) is -0.433. The first kappa shape index (κ1) is 20.9. The number of aromatic nitrogens is 2. The summed E-state index contributed by atoms with van der Waals surface area (Å²) in [6.07, 6.45) is 1.27. The van der Waals surface area contributed by atoms with Gasteiger partial charge >= 0.3 is 5.97 Å². The van der Waals surface area contributed by atoms with E-state index in [0.717, 1.165) is 22.3 Å². The molecule has 0 amide bonds. The van der Waals surface area contributed by atoms with E-state index in [9.17, 15) is 4.79 Å². The fourth-order valence-electron chi connectivity index (χ4n) is 2.62. The number of benzene rings is 1. The summed E-state index contributed by atoms with van der Waals surface area (Å²) in [5, 5.41) is 4.72. The zero-order valence-corrected chi connectivity index (χ0v) is 17.1. The number of aryl methyl sites for hydroxylation is 1. The number of nitrogens with zero attached hydrogens (tertiary/aromatic N) is 2. The third-order valence-corrected chi connectivity index (χ3v) is 4.37. The van der Waals surface area contributed by atoms with Crippen molar-refractivity contribution in [2.24, 2.45) is 0 Å². The zero-order valence-electron chi connectivity index (χ0n) is 15.5. The minimum absolute atomic E-state index is 0. The Morgan fingerprint density at radius 2 is 1.93 bits per heavy atom. The lowest BCUT2D eigenvalue weighted by Gasteiger charge is -2.17. The Bertz CT molecular complexity index is 990. The van der Waals surface area contributed by atoms with Gasteiger partial charge in [0.1, 0.15) is 5.56 Å². The molecule has 2 aromatic heterocycles. The molecule has 2 heterocycles. The van der Waals surface area contributed by atoms with Gasteiger partial charge in [0.15, 0.2) is 5.65 Å². The second-order valence-electron chi connectivity index (χ2n) is 6.36. The molecule has 1 aromatic carbocycles. The van der Waals surface area contributed by atoms with Crippen LogP contribution in [-0.2, 0) is 4.74 Å². The van der Waals surface area contributed by atoms with Crippen molar-refractivity contribution in [2.45, 2.75) is 33.8 Å². The molecule has 5 nitrogen and oxygen atoms in total. The van der Waals surface area contributed by atoms with Crippen molar-refractivity contribution >= 4 is 52.4 Å².